The Morgan fingerprint density at radius 1 is 1.33 bits per heavy atom. The van der Waals surface area contributed by atoms with E-state index in [1.807, 2.05) is 0 Å². The highest BCUT2D eigenvalue weighted by molar-refractivity contribution is 4.25. The topological polar surface area (TPSA) is 3.24 Å². The first-order valence-corrected chi connectivity index (χ1v) is 1.92. The van der Waals surface area contributed by atoms with Gasteiger partial charge in [-0.1, -0.05) is 6.92 Å². The Hall–Kier alpha value is 0.250. The van der Waals surface area contributed by atoms with E-state index in [1.54, 1.807) is 0 Å². The maximum atomic E-state index is 2.12. The van der Waals surface area contributed by atoms with Gasteiger partial charge in [0.1, 0.15) is 0 Å². The Morgan fingerprint density at radius 2 is 1.50 bits per heavy atom. The Morgan fingerprint density at radius 3 is 1.50 bits per heavy atom. The molecule has 0 saturated heterocycles. The van der Waals surface area contributed by atoms with E-state index in [-0.39, 0.29) is 12.4 Å². The molecule has 0 rings (SSSR count). The summed E-state index contributed by atoms with van der Waals surface area (Å²) in [6.07, 6.45) is 0. The summed E-state index contributed by atoms with van der Waals surface area (Å²) in [6.45, 7) is 3.26. The first kappa shape index (κ1) is 9.54. The molecule has 0 aliphatic carbocycles. The van der Waals surface area contributed by atoms with Crippen molar-refractivity contribution in [2.24, 2.45) is 0 Å². The van der Waals surface area contributed by atoms with Gasteiger partial charge >= 0.3 is 0 Å². The van der Waals surface area contributed by atoms with Crippen molar-refractivity contribution in [1.82, 2.24) is 4.90 Å². The molecule has 40 valence electrons. The van der Waals surface area contributed by atoms with Crippen molar-refractivity contribution < 1.29 is 12.4 Å². The van der Waals surface area contributed by atoms with Gasteiger partial charge in [0.25, 0.3) is 0 Å². The van der Waals surface area contributed by atoms with Crippen molar-refractivity contribution in [3.05, 3.63) is 0 Å². The van der Waals surface area contributed by atoms with E-state index in [4.69, 9.17) is 0 Å². The number of rotatable bonds is 1. The lowest BCUT2D eigenvalue weighted by Crippen LogP contribution is -3.00. The van der Waals surface area contributed by atoms with Crippen molar-refractivity contribution >= 4 is 0 Å². The fourth-order valence-electron chi connectivity index (χ4n) is 0. The number of hydrogen-bond acceptors (Lipinski definition) is 1. The van der Waals surface area contributed by atoms with Gasteiger partial charge in [-0.3, -0.25) is 0 Å². The zero-order valence-electron chi connectivity index (χ0n) is 4.53. The third kappa shape index (κ3) is 8.87. The molecule has 0 bridgehead atoms. The van der Waals surface area contributed by atoms with Gasteiger partial charge in [-0.2, -0.15) is 0 Å². The summed E-state index contributed by atoms with van der Waals surface area (Å²) in [6, 6.07) is 0. The third-order valence-corrected chi connectivity index (χ3v) is 0.632. The molecule has 0 radical (unpaired) electrons. The molecule has 0 aliphatic rings. The van der Waals surface area contributed by atoms with E-state index >= 15 is 0 Å². The summed E-state index contributed by atoms with van der Waals surface area (Å²) in [7, 11) is 4.11. The Balaban J connectivity index is 0. The van der Waals surface area contributed by atoms with Gasteiger partial charge in [0.15, 0.2) is 0 Å². The summed E-state index contributed by atoms with van der Waals surface area (Å²) in [4.78, 5) is 2.12. The molecule has 0 spiro atoms. The first-order valence-electron chi connectivity index (χ1n) is 1.92. The largest absolute Gasteiger partial charge is 1.00 e. The maximum Gasteiger partial charge on any atom is -0.00533 e. The van der Waals surface area contributed by atoms with Crippen LogP contribution < -0.4 is 12.4 Å². The van der Waals surface area contributed by atoms with E-state index in [0.717, 1.165) is 6.54 Å². The molecule has 2 heteroatoms. The monoisotopic (exact) mass is 108 g/mol. The van der Waals surface area contributed by atoms with Crippen molar-refractivity contribution in [1.29, 1.82) is 0 Å². The van der Waals surface area contributed by atoms with Gasteiger partial charge < -0.3 is 17.3 Å². The van der Waals surface area contributed by atoms with E-state index in [9.17, 15) is 0 Å². The van der Waals surface area contributed by atoms with Crippen molar-refractivity contribution in [2.75, 3.05) is 20.6 Å². The highest BCUT2D eigenvalue weighted by Gasteiger charge is 1.72. The molecule has 0 aromatic carbocycles. The summed E-state index contributed by atoms with van der Waals surface area (Å²) in [5.41, 5.74) is 0. The van der Waals surface area contributed by atoms with E-state index in [2.05, 4.69) is 25.9 Å². The first-order chi connectivity index (χ1) is 2.27. The second-order valence-corrected chi connectivity index (χ2v) is 1.40. The normalized spacial score (nSPS) is 8.00. The average Bonchev–Trinajstić information content (AvgIpc) is 1.38. The summed E-state index contributed by atoms with van der Waals surface area (Å²) < 4.78 is 0. The summed E-state index contributed by atoms with van der Waals surface area (Å²) in [5.74, 6) is 0. The van der Waals surface area contributed by atoms with Crippen molar-refractivity contribution in [2.45, 2.75) is 6.92 Å². The molecule has 1 nitrogen and oxygen atoms in total. The van der Waals surface area contributed by atoms with Crippen LogP contribution in [0.15, 0.2) is 0 Å². The highest BCUT2D eigenvalue weighted by atomic mass is 35.5. The molecule has 0 aliphatic heterocycles. The predicted molar refractivity (Wildman–Crippen MR) is 24.2 cm³/mol. The lowest BCUT2D eigenvalue weighted by molar-refractivity contribution is -0.00000128. The number of hydrogen-bond donors (Lipinski definition) is 0. The van der Waals surface area contributed by atoms with E-state index in [1.165, 1.54) is 0 Å². The zero-order chi connectivity index (χ0) is 4.28. The molecule has 0 aromatic rings. The smallest absolute Gasteiger partial charge is 0.00533 e. The number of nitrogens with zero attached hydrogens (tertiary/aromatic N) is 1. The SMILES string of the molecule is CCN(C)C.[Cl-]. The Bertz CT molecular complexity index is 21.5. The molecule has 0 atom stereocenters. The highest BCUT2D eigenvalue weighted by Crippen LogP contribution is 1.63. The minimum atomic E-state index is 0. The molecule has 0 unspecified atom stereocenters. The minimum absolute atomic E-state index is 0. The van der Waals surface area contributed by atoms with Crippen molar-refractivity contribution in [3.63, 3.8) is 0 Å². The second kappa shape index (κ2) is 5.25. The molecular weight excluding hydrogens is 97.5 g/mol. The zero-order valence-corrected chi connectivity index (χ0v) is 5.29. The third-order valence-electron chi connectivity index (χ3n) is 0.632. The van der Waals surface area contributed by atoms with Crippen LogP contribution in [0.2, 0.25) is 0 Å². The van der Waals surface area contributed by atoms with E-state index in [0.29, 0.717) is 0 Å². The summed E-state index contributed by atoms with van der Waals surface area (Å²) >= 11 is 0. The van der Waals surface area contributed by atoms with E-state index < -0.39 is 0 Å². The van der Waals surface area contributed by atoms with Crippen LogP contribution >= 0.6 is 0 Å². The van der Waals surface area contributed by atoms with Crippen LogP contribution in [-0.2, 0) is 0 Å². The lowest BCUT2D eigenvalue weighted by Gasteiger charge is -2.00. The molecule has 0 aromatic heterocycles. The van der Waals surface area contributed by atoms with Crippen LogP contribution in [0.25, 0.3) is 0 Å². The molecular formula is C4H11ClN-. The van der Waals surface area contributed by atoms with Gasteiger partial charge in [0, 0.05) is 0 Å². The van der Waals surface area contributed by atoms with Gasteiger partial charge in [0.05, 0.1) is 0 Å². The van der Waals surface area contributed by atoms with Crippen LogP contribution in [0.1, 0.15) is 6.92 Å². The maximum absolute atomic E-state index is 2.12. The Labute approximate surface area is 45.7 Å². The quantitative estimate of drug-likeness (QED) is 0.361. The molecule has 0 fully saturated rings. The van der Waals surface area contributed by atoms with Crippen LogP contribution in [0.5, 0.6) is 0 Å². The Kier molecular flexibility index (Phi) is 8.35. The second-order valence-electron chi connectivity index (χ2n) is 1.40. The van der Waals surface area contributed by atoms with Gasteiger partial charge in [-0.25, -0.2) is 0 Å². The fraction of sp³-hybridized carbons (Fsp3) is 1.00. The van der Waals surface area contributed by atoms with Crippen LogP contribution in [0.3, 0.4) is 0 Å². The van der Waals surface area contributed by atoms with Gasteiger partial charge in [-0.05, 0) is 20.6 Å². The fourth-order valence-corrected chi connectivity index (χ4v) is 0. The standard InChI is InChI=1S/C4H11N.ClH/c1-4-5(2)3;/h4H2,1-3H3;1H/p-1. The van der Waals surface area contributed by atoms with Gasteiger partial charge in [0.2, 0.25) is 0 Å². The molecule has 0 N–H and O–H groups in total. The van der Waals surface area contributed by atoms with Crippen LogP contribution in [0, 0.1) is 0 Å². The molecule has 6 heavy (non-hydrogen) atoms. The summed E-state index contributed by atoms with van der Waals surface area (Å²) in [5, 5.41) is 0. The molecule has 0 saturated carbocycles. The van der Waals surface area contributed by atoms with Crippen LogP contribution in [0.4, 0.5) is 0 Å². The minimum Gasteiger partial charge on any atom is -1.00 e. The van der Waals surface area contributed by atoms with Crippen molar-refractivity contribution in [3.8, 4) is 0 Å². The molecule has 0 amide bonds. The van der Waals surface area contributed by atoms with Gasteiger partial charge in [-0.15, -0.1) is 0 Å². The van der Waals surface area contributed by atoms with Crippen LogP contribution in [-0.4, -0.2) is 25.5 Å². The molecule has 0 heterocycles. The predicted octanol–water partition coefficient (Wildman–Crippen LogP) is -2.43. The lowest BCUT2D eigenvalue weighted by atomic mass is 10.7. The average molecular weight is 109 g/mol. The number of halogens is 1.